The van der Waals surface area contributed by atoms with Gasteiger partial charge in [0.15, 0.2) is 5.13 Å². The van der Waals surface area contributed by atoms with Crippen LogP contribution in [0.15, 0.2) is 60.0 Å². The van der Waals surface area contributed by atoms with Gasteiger partial charge in [-0.25, -0.2) is 18.4 Å². The Morgan fingerprint density at radius 2 is 1.76 bits per heavy atom. The number of carbonyl (C=O) groups is 2. The Morgan fingerprint density at radius 3 is 2.42 bits per heavy atom. The van der Waals surface area contributed by atoms with Gasteiger partial charge in [0.05, 0.1) is 18.4 Å². The topological polar surface area (TPSA) is 141 Å². The van der Waals surface area contributed by atoms with Crippen LogP contribution in [-0.4, -0.2) is 66.8 Å². The standard InChI is InChI=1S/C26H33N5O5S2/c1-4-18-12-9-13-20(14-18)24(33)29-31(5-2)16-23(32)21(15-19-10-7-6-8-11-19)27-25(34)22-17-37-26(28-22)30-38(3,35)36/h6-14,17,21,23,32H,4-5,15-16H2,1-3H3,(H,27,34)(H,28,30)(H,29,33)/t21-,23+/m0/s1. The van der Waals surface area contributed by atoms with E-state index in [9.17, 15) is 23.1 Å². The number of carbonyl (C=O) groups excluding carboxylic acids is 2. The highest BCUT2D eigenvalue weighted by atomic mass is 32.2. The molecule has 12 heteroatoms. The van der Waals surface area contributed by atoms with Crippen LogP contribution in [-0.2, 0) is 22.9 Å². The molecule has 0 radical (unpaired) electrons. The zero-order valence-electron chi connectivity index (χ0n) is 21.5. The van der Waals surface area contributed by atoms with E-state index >= 15 is 0 Å². The Labute approximate surface area is 227 Å². The van der Waals surface area contributed by atoms with Gasteiger partial charge in [-0.05, 0) is 36.1 Å². The zero-order valence-corrected chi connectivity index (χ0v) is 23.2. The van der Waals surface area contributed by atoms with Crippen LogP contribution in [0.5, 0.6) is 0 Å². The summed E-state index contributed by atoms with van der Waals surface area (Å²) in [5.74, 6) is -0.836. The monoisotopic (exact) mass is 559 g/mol. The largest absolute Gasteiger partial charge is 0.390 e. The number of anilines is 1. The van der Waals surface area contributed by atoms with Gasteiger partial charge in [0, 0.05) is 24.0 Å². The fourth-order valence-corrected chi connectivity index (χ4v) is 5.27. The van der Waals surface area contributed by atoms with Crippen LogP contribution in [0.1, 0.15) is 45.8 Å². The summed E-state index contributed by atoms with van der Waals surface area (Å²) in [6, 6.07) is 16.0. The van der Waals surface area contributed by atoms with Gasteiger partial charge in [0.25, 0.3) is 11.8 Å². The summed E-state index contributed by atoms with van der Waals surface area (Å²) in [5, 5.41) is 17.1. The van der Waals surface area contributed by atoms with Crippen LogP contribution in [0, 0.1) is 0 Å². The molecule has 0 fully saturated rings. The molecule has 2 atom stereocenters. The maximum absolute atomic E-state index is 13.0. The molecule has 4 N–H and O–H groups in total. The van der Waals surface area contributed by atoms with Gasteiger partial charge in [0.1, 0.15) is 5.69 Å². The van der Waals surface area contributed by atoms with E-state index in [0.29, 0.717) is 18.5 Å². The molecule has 1 aromatic heterocycles. The molecule has 0 unspecified atom stereocenters. The van der Waals surface area contributed by atoms with E-state index in [2.05, 4.69) is 20.4 Å². The minimum atomic E-state index is -3.53. The van der Waals surface area contributed by atoms with Gasteiger partial charge in [-0.2, -0.15) is 0 Å². The van der Waals surface area contributed by atoms with Gasteiger partial charge >= 0.3 is 0 Å². The number of thiazole rings is 1. The summed E-state index contributed by atoms with van der Waals surface area (Å²) in [4.78, 5) is 29.8. The number of aliphatic hydroxyl groups is 1. The minimum absolute atomic E-state index is 0.0304. The Balaban J connectivity index is 1.72. The lowest BCUT2D eigenvalue weighted by atomic mass is 10.0. The van der Waals surface area contributed by atoms with Gasteiger partial charge in [-0.1, -0.05) is 56.3 Å². The summed E-state index contributed by atoms with van der Waals surface area (Å²) in [7, 11) is -3.53. The number of hydrogen-bond donors (Lipinski definition) is 4. The fraction of sp³-hybridized carbons (Fsp3) is 0.346. The van der Waals surface area contributed by atoms with Crippen LogP contribution in [0.2, 0.25) is 0 Å². The summed E-state index contributed by atoms with van der Waals surface area (Å²) < 4.78 is 25.2. The molecule has 2 aromatic carbocycles. The second-order valence-electron chi connectivity index (χ2n) is 8.78. The Hall–Kier alpha value is -3.32. The van der Waals surface area contributed by atoms with E-state index in [-0.39, 0.29) is 23.3 Å². The minimum Gasteiger partial charge on any atom is -0.390 e. The van der Waals surface area contributed by atoms with Crippen molar-refractivity contribution in [2.75, 3.05) is 24.1 Å². The molecule has 204 valence electrons. The molecule has 3 rings (SSSR count). The number of sulfonamides is 1. The third-order valence-corrected chi connectivity index (χ3v) is 7.19. The lowest BCUT2D eigenvalue weighted by Gasteiger charge is -2.29. The van der Waals surface area contributed by atoms with Crippen molar-refractivity contribution < 1.29 is 23.1 Å². The molecule has 3 aromatic rings. The molecule has 0 aliphatic heterocycles. The molecule has 10 nitrogen and oxygen atoms in total. The number of amides is 2. The van der Waals surface area contributed by atoms with Crippen molar-refractivity contribution in [1.29, 1.82) is 0 Å². The van der Waals surface area contributed by atoms with E-state index in [1.807, 2.05) is 62.4 Å². The highest BCUT2D eigenvalue weighted by molar-refractivity contribution is 7.92. The number of benzene rings is 2. The maximum atomic E-state index is 13.0. The molecule has 1 heterocycles. The molecular formula is C26H33N5O5S2. The lowest BCUT2D eigenvalue weighted by molar-refractivity contribution is 0.0470. The zero-order chi connectivity index (χ0) is 27.7. The van der Waals surface area contributed by atoms with Crippen LogP contribution >= 0.6 is 11.3 Å². The first-order chi connectivity index (χ1) is 18.1. The third kappa shape index (κ3) is 8.91. The van der Waals surface area contributed by atoms with Gasteiger partial charge in [-0.15, -0.1) is 11.3 Å². The number of hydrazine groups is 1. The number of rotatable bonds is 13. The predicted octanol–water partition coefficient (Wildman–Crippen LogP) is 2.45. The summed E-state index contributed by atoms with van der Waals surface area (Å²) in [5.41, 5.74) is 5.34. The Bertz CT molecular complexity index is 1330. The van der Waals surface area contributed by atoms with Gasteiger partial charge in [0.2, 0.25) is 10.0 Å². The second kappa shape index (κ2) is 13.5. The Kier molecular flexibility index (Phi) is 10.4. The quantitative estimate of drug-likeness (QED) is 0.236. The first kappa shape index (κ1) is 29.2. The number of nitrogens with zero attached hydrogens (tertiary/aromatic N) is 2. The lowest BCUT2D eigenvalue weighted by Crippen LogP contribution is -2.53. The van der Waals surface area contributed by atoms with Crippen LogP contribution in [0.3, 0.4) is 0 Å². The summed E-state index contributed by atoms with van der Waals surface area (Å²) in [6.45, 7) is 4.35. The number of aromatic nitrogens is 1. The van der Waals surface area contributed by atoms with Crippen LogP contribution < -0.4 is 15.5 Å². The molecule has 0 bridgehead atoms. The van der Waals surface area contributed by atoms with E-state index in [4.69, 9.17) is 0 Å². The first-order valence-corrected chi connectivity index (χ1v) is 15.0. The average Bonchev–Trinajstić information content (AvgIpc) is 3.35. The summed E-state index contributed by atoms with van der Waals surface area (Å²) in [6.07, 6.45) is 1.09. The normalized spacial score (nSPS) is 13.1. The maximum Gasteiger partial charge on any atom is 0.271 e. The van der Waals surface area contributed by atoms with Crippen molar-refractivity contribution in [3.8, 4) is 0 Å². The van der Waals surface area contributed by atoms with E-state index in [1.54, 1.807) is 11.1 Å². The van der Waals surface area contributed by atoms with E-state index < -0.39 is 28.1 Å². The van der Waals surface area contributed by atoms with Crippen molar-refractivity contribution in [2.45, 2.75) is 38.8 Å². The second-order valence-corrected chi connectivity index (χ2v) is 11.4. The van der Waals surface area contributed by atoms with Crippen LogP contribution in [0.25, 0.3) is 0 Å². The van der Waals surface area contributed by atoms with Gasteiger partial charge < -0.3 is 10.4 Å². The first-order valence-electron chi connectivity index (χ1n) is 12.2. The number of aliphatic hydroxyl groups excluding tert-OH is 1. The van der Waals surface area contributed by atoms with Gasteiger partial charge in [-0.3, -0.25) is 19.7 Å². The third-order valence-electron chi connectivity index (χ3n) is 5.74. The van der Waals surface area contributed by atoms with Crippen molar-refractivity contribution in [1.82, 2.24) is 20.7 Å². The molecule has 0 aliphatic carbocycles. The summed E-state index contributed by atoms with van der Waals surface area (Å²) >= 11 is 0.985. The van der Waals surface area contributed by atoms with Crippen molar-refractivity contribution in [3.63, 3.8) is 0 Å². The number of nitrogens with one attached hydrogen (secondary N) is 3. The van der Waals surface area contributed by atoms with E-state index in [0.717, 1.165) is 35.1 Å². The number of likely N-dealkylation sites (N-methyl/N-ethyl adjacent to an activating group) is 1. The molecular weight excluding hydrogens is 526 g/mol. The van der Waals surface area contributed by atoms with E-state index in [1.165, 1.54) is 5.38 Å². The van der Waals surface area contributed by atoms with Crippen molar-refractivity contribution >= 4 is 38.3 Å². The average molecular weight is 560 g/mol. The number of aryl methyl sites for hydroxylation is 1. The molecule has 38 heavy (non-hydrogen) atoms. The smallest absolute Gasteiger partial charge is 0.271 e. The number of hydrogen-bond acceptors (Lipinski definition) is 8. The predicted molar refractivity (Wildman–Crippen MR) is 149 cm³/mol. The molecule has 0 saturated carbocycles. The highest BCUT2D eigenvalue weighted by Crippen LogP contribution is 2.17. The van der Waals surface area contributed by atoms with Crippen LogP contribution in [0.4, 0.5) is 5.13 Å². The SMILES string of the molecule is CCc1cccc(C(=O)NN(CC)C[C@@H](O)[C@H](Cc2ccccc2)NC(=O)c2csc(NS(C)(=O)=O)n2)c1. The molecule has 2 amide bonds. The molecule has 0 saturated heterocycles. The highest BCUT2D eigenvalue weighted by Gasteiger charge is 2.26. The van der Waals surface area contributed by atoms with Crippen molar-refractivity contribution in [2.24, 2.45) is 0 Å². The fourth-order valence-electron chi connectivity index (χ4n) is 3.72. The Morgan fingerprint density at radius 1 is 1.05 bits per heavy atom. The molecule has 0 spiro atoms. The van der Waals surface area contributed by atoms with Crippen molar-refractivity contribution in [3.05, 3.63) is 82.4 Å². The molecule has 0 aliphatic rings.